The van der Waals surface area contributed by atoms with Gasteiger partial charge in [-0.05, 0) is 43.9 Å². The molecule has 0 bridgehead atoms. The van der Waals surface area contributed by atoms with Gasteiger partial charge in [-0.15, -0.1) is 0 Å². The van der Waals surface area contributed by atoms with E-state index in [2.05, 4.69) is 10.3 Å². The Morgan fingerprint density at radius 2 is 2.04 bits per heavy atom. The van der Waals surface area contributed by atoms with Crippen LogP contribution in [-0.2, 0) is 9.59 Å². The highest BCUT2D eigenvalue weighted by Gasteiger charge is 2.26. The largest absolute Gasteiger partial charge is 0.481 e. The van der Waals surface area contributed by atoms with Crippen molar-refractivity contribution >= 4 is 35.2 Å². The van der Waals surface area contributed by atoms with Gasteiger partial charge in [-0.2, -0.15) is 0 Å². The molecule has 0 unspecified atom stereocenters. The van der Waals surface area contributed by atoms with Crippen molar-refractivity contribution in [3.05, 3.63) is 41.3 Å². The summed E-state index contributed by atoms with van der Waals surface area (Å²) in [4.78, 5) is 27.2. The van der Waals surface area contributed by atoms with Gasteiger partial charge in [-0.25, -0.2) is 4.98 Å². The molecule has 7 heteroatoms. The molecule has 2 aromatic rings. The molecule has 1 amide bonds. The molecule has 126 valence electrons. The number of halogens is 1. The number of carbonyl (C=O) groups excluding carboxylic acids is 1. The Morgan fingerprint density at radius 3 is 2.75 bits per heavy atom. The number of nitrogens with one attached hydrogen (secondary N) is 1. The summed E-state index contributed by atoms with van der Waals surface area (Å²) in [6, 6.07) is 5.59. The zero-order valence-corrected chi connectivity index (χ0v) is 13.7. The summed E-state index contributed by atoms with van der Waals surface area (Å²) in [5, 5.41) is 12.2. The van der Waals surface area contributed by atoms with Crippen LogP contribution < -0.4 is 5.32 Å². The summed E-state index contributed by atoms with van der Waals surface area (Å²) in [6.07, 6.45) is 7.48. The molecule has 0 atom stereocenters. The number of nitrogens with zero attached hydrogens (tertiary/aromatic N) is 2. The monoisotopic (exact) mass is 347 g/mol. The quantitative estimate of drug-likeness (QED) is 0.833. The molecule has 0 radical (unpaired) electrons. The number of carbonyl (C=O) groups is 2. The predicted molar refractivity (Wildman–Crippen MR) is 90.8 cm³/mol. The fourth-order valence-electron chi connectivity index (χ4n) is 3.02. The molecule has 2 N–H and O–H groups in total. The van der Waals surface area contributed by atoms with Crippen LogP contribution in [0, 0.1) is 5.92 Å². The minimum Gasteiger partial charge on any atom is -0.481 e. The Kier molecular flexibility index (Phi) is 4.85. The minimum atomic E-state index is -0.748. The predicted octanol–water partition coefficient (Wildman–Crippen LogP) is 2.76. The average Bonchev–Trinajstić information content (AvgIpc) is 2.88. The van der Waals surface area contributed by atoms with Gasteiger partial charge in [0, 0.05) is 18.3 Å². The lowest BCUT2D eigenvalue weighted by Crippen LogP contribution is -2.37. The van der Waals surface area contributed by atoms with Crippen LogP contribution in [-0.4, -0.2) is 32.4 Å². The zero-order chi connectivity index (χ0) is 17.1. The molecule has 6 nitrogen and oxygen atoms in total. The van der Waals surface area contributed by atoms with Crippen LogP contribution in [0.4, 0.5) is 0 Å². The molecule has 3 rings (SSSR count). The van der Waals surface area contributed by atoms with Gasteiger partial charge in [-0.3, -0.25) is 14.0 Å². The molecule has 0 spiro atoms. The highest BCUT2D eigenvalue weighted by molar-refractivity contribution is 6.31. The summed E-state index contributed by atoms with van der Waals surface area (Å²) < 4.78 is 1.81. The van der Waals surface area contributed by atoms with E-state index in [9.17, 15) is 9.59 Å². The molecule has 2 heterocycles. The molecule has 1 aliphatic rings. The third kappa shape index (κ3) is 3.59. The summed E-state index contributed by atoms with van der Waals surface area (Å²) in [6.45, 7) is 0. The van der Waals surface area contributed by atoms with Crippen molar-refractivity contribution < 1.29 is 14.7 Å². The summed E-state index contributed by atoms with van der Waals surface area (Å²) >= 11 is 6.12. The minimum absolute atomic E-state index is 0.0235. The van der Waals surface area contributed by atoms with Gasteiger partial charge in [0.1, 0.15) is 5.65 Å². The van der Waals surface area contributed by atoms with E-state index in [1.165, 1.54) is 6.08 Å². The first-order valence-corrected chi connectivity index (χ1v) is 8.26. The number of aromatic nitrogens is 2. The van der Waals surface area contributed by atoms with Crippen molar-refractivity contribution in [3.63, 3.8) is 0 Å². The molecule has 0 aromatic carbocycles. The number of carboxylic acid groups (broad SMARTS) is 1. The maximum absolute atomic E-state index is 12.1. The molecule has 1 saturated carbocycles. The van der Waals surface area contributed by atoms with E-state index in [0.717, 1.165) is 5.65 Å². The maximum atomic E-state index is 12.1. The van der Waals surface area contributed by atoms with Crippen LogP contribution in [0.15, 0.2) is 30.5 Å². The normalized spacial score (nSPS) is 21.2. The van der Waals surface area contributed by atoms with Crippen LogP contribution in [0.3, 0.4) is 0 Å². The van der Waals surface area contributed by atoms with Gasteiger partial charge in [0.25, 0.3) is 0 Å². The van der Waals surface area contributed by atoms with Gasteiger partial charge in [0.05, 0.1) is 11.6 Å². The van der Waals surface area contributed by atoms with E-state index in [1.54, 1.807) is 6.08 Å². The van der Waals surface area contributed by atoms with Gasteiger partial charge in [0.15, 0.2) is 5.15 Å². The van der Waals surface area contributed by atoms with Crippen LogP contribution >= 0.6 is 11.6 Å². The molecular weight excluding hydrogens is 330 g/mol. The first-order chi connectivity index (χ1) is 11.5. The van der Waals surface area contributed by atoms with Crippen molar-refractivity contribution in [1.82, 2.24) is 14.7 Å². The lowest BCUT2D eigenvalue weighted by Gasteiger charge is -2.26. The Morgan fingerprint density at radius 1 is 1.29 bits per heavy atom. The van der Waals surface area contributed by atoms with E-state index in [1.807, 2.05) is 28.8 Å². The summed E-state index contributed by atoms with van der Waals surface area (Å²) in [5.74, 6) is -1.25. The summed E-state index contributed by atoms with van der Waals surface area (Å²) in [7, 11) is 0. The van der Waals surface area contributed by atoms with E-state index in [-0.39, 0.29) is 17.9 Å². The highest BCUT2D eigenvalue weighted by Crippen LogP contribution is 2.24. The fraction of sp³-hybridized carbons (Fsp3) is 0.353. The highest BCUT2D eigenvalue weighted by atomic mass is 35.5. The summed E-state index contributed by atoms with van der Waals surface area (Å²) in [5.41, 5.74) is 1.37. The lowest BCUT2D eigenvalue weighted by molar-refractivity contribution is -0.142. The number of imidazole rings is 1. The van der Waals surface area contributed by atoms with Crippen molar-refractivity contribution in [2.45, 2.75) is 31.7 Å². The van der Waals surface area contributed by atoms with Crippen LogP contribution in [0.5, 0.6) is 0 Å². The smallest absolute Gasteiger partial charge is 0.306 e. The second kappa shape index (κ2) is 7.05. The van der Waals surface area contributed by atoms with Crippen LogP contribution in [0.25, 0.3) is 11.7 Å². The maximum Gasteiger partial charge on any atom is 0.306 e. The number of pyridine rings is 1. The number of hydrogen-bond acceptors (Lipinski definition) is 3. The number of carboxylic acids is 1. The van der Waals surface area contributed by atoms with Gasteiger partial charge in [0.2, 0.25) is 5.91 Å². The van der Waals surface area contributed by atoms with Crippen molar-refractivity contribution in [2.75, 3.05) is 0 Å². The number of amides is 1. The molecule has 0 aliphatic heterocycles. The first kappa shape index (κ1) is 16.5. The first-order valence-electron chi connectivity index (χ1n) is 7.88. The second-order valence-electron chi connectivity index (χ2n) is 5.95. The zero-order valence-electron chi connectivity index (χ0n) is 13.0. The van der Waals surface area contributed by atoms with E-state index < -0.39 is 5.97 Å². The Hall–Kier alpha value is -2.34. The van der Waals surface area contributed by atoms with Crippen LogP contribution in [0.2, 0.25) is 5.15 Å². The topological polar surface area (TPSA) is 83.7 Å². The van der Waals surface area contributed by atoms with E-state index in [4.69, 9.17) is 16.7 Å². The molecule has 24 heavy (non-hydrogen) atoms. The Balaban J connectivity index is 1.61. The molecule has 0 saturated heterocycles. The van der Waals surface area contributed by atoms with E-state index >= 15 is 0 Å². The Labute approximate surface area is 144 Å². The SMILES string of the molecule is O=C(C=Cc1c(Cl)nc2ccccn12)NC1CCC(C(=O)O)CC1. The second-order valence-corrected chi connectivity index (χ2v) is 6.30. The molecule has 1 aliphatic carbocycles. The third-order valence-electron chi connectivity index (χ3n) is 4.34. The van der Waals surface area contributed by atoms with E-state index in [0.29, 0.717) is 36.5 Å². The van der Waals surface area contributed by atoms with Crippen molar-refractivity contribution in [1.29, 1.82) is 0 Å². The molecular formula is C17H18ClN3O3. The van der Waals surface area contributed by atoms with Gasteiger partial charge in [-0.1, -0.05) is 17.7 Å². The standard InChI is InChI=1S/C17H18ClN3O3/c18-16-13(21-10-2-1-3-14(21)20-16)8-9-15(22)19-12-6-4-11(5-7-12)17(23)24/h1-3,8-12H,4-7H2,(H,19,22)(H,23,24). The number of fused-ring (bicyclic) bond motifs is 1. The lowest BCUT2D eigenvalue weighted by atomic mass is 9.86. The van der Waals surface area contributed by atoms with Crippen molar-refractivity contribution in [2.24, 2.45) is 5.92 Å². The van der Waals surface area contributed by atoms with Crippen molar-refractivity contribution in [3.8, 4) is 0 Å². The van der Waals surface area contributed by atoms with Crippen LogP contribution in [0.1, 0.15) is 31.4 Å². The number of aliphatic carboxylic acids is 1. The number of hydrogen-bond donors (Lipinski definition) is 2. The van der Waals surface area contributed by atoms with Gasteiger partial charge >= 0.3 is 5.97 Å². The Bertz CT molecular complexity index is 791. The molecule has 1 fully saturated rings. The third-order valence-corrected chi connectivity index (χ3v) is 4.62. The molecule has 2 aromatic heterocycles. The fourth-order valence-corrected chi connectivity index (χ4v) is 3.26. The average molecular weight is 348 g/mol. The van der Waals surface area contributed by atoms with Gasteiger partial charge < -0.3 is 10.4 Å². The number of rotatable bonds is 4.